The van der Waals surface area contributed by atoms with E-state index in [1.165, 1.54) is 6.07 Å². The maximum absolute atomic E-state index is 14.0. The molecule has 0 fully saturated rings. The molecule has 1 heterocycles. The van der Waals surface area contributed by atoms with Crippen molar-refractivity contribution in [2.45, 2.75) is 13.0 Å². The molecule has 3 aromatic rings. The van der Waals surface area contributed by atoms with Crippen molar-refractivity contribution in [2.24, 2.45) is 0 Å². The van der Waals surface area contributed by atoms with Crippen molar-refractivity contribution < 1.29 is 19.0 Å². The normalized spacial score (nSPS) is 12.0. The third-order valence-electron chi connectivity index (χ3n) is 4.16. The Kier molecular flexibility index (Phi) is 5.23. The summed E-state index contributed by atoms with van der Waals surface area (Å²) < 4.78 is 24.5. The number of benzene rings is 2. The van der Waals surface area contributed by atoms with Gasteiger partial charge < -0.3 is 19.9 Å². The number of ether oxygens (including phenoxy) is 2. The molecule has 0 bridgehead atoms. The number of methoxy groups -OCH3 is 2. The Morgan fingerprint density at radius 3 is 2.46 bits per heavy atom. The van der Waals surface area contributed by atoms with E-state index in [9.17, 15) is 9.50 Å². The van der Waals surface area contributed by atoms with Crippen LogP contribution in [0.4, 0.5) is 10.1 Å². The minimum Gasteiger partial charge on any atom is -0.497 e. The van der Waals surface area contributed by atoms with Crippen molar-refractivity contribution in [1.29, 1.82) is 0 Å². The minimum atomic E-state index is -0.795. The fraction of sp³-hybridized carbons (Fsp3) is 0.250. The molecule has 0 aliphatic heterocycles. The Morgan fingerprint density at radius 2 is 1.81 bits per heavy atom. The first-order valence-corrected chi connectivity index (χ1v) is 8.22. The molecular formula is C20H21FN2O3. The number of aliphatic hydroxyl groups is 1. The molecule has 5 nitrogen and oxygen atoms in total. The van der Waals surface area contributed by atoms with Gasteiger partial charge in [0, 0.05) is 29.4 Å². The first kappa shape index (κ1) is 17.9. The van der Waals surface area contributed by atoms with Crippen molar-refractivity contribution in [3.8, 4) is 11.5 Å². The number of anilines is 1. The summed E-state index contributed by atoms with van der Waals surface area (Å²) in [6.45, 7) is 2.05. The summed E-state index contributed by atoms with van der Waals surface area (Å²) >= 11 is 0. The average molecular weight is 356 g/mol. The van der Waals surface area contributed by atoms with Crippen LogP contribution in [-0.4, -0.2) is 30.9 Å². The van der Waals surface area contributed by atoms with Gasteiger partial charge in [-0.05, 0) is 36.8 Å². The molecule has 1 aromatic heterocycles. The smallest absolute Gasteiger partial charge is 0.149 e. The highest BCUT2D eigenvalue weighted by atomic mass is 19.1. The maximum Gasteiger partial charge on any atom is 0.149 e. The molecule has 0 spiro atoms. The SMILES string of the molecule is COc1cc(OC)cc(C(O)CNc2cc(C)nc3c(F)cccc23)c1. The van der Waals surface area contributed by atoms with E-state index in [2.05, 4.69) is 10.3 Å². The number of para-hydroxylation sites is 1. The van der Waals surface area contributed by atoms with Crippen LogP contribution in [0.25, 0.3) is 10.9 Å². The zero-order valence-electron chi connectivity index (χ0n) is 14.9. The predicted molar refractivity (Wildman–Crippen MR) is 99.4 cm³/mol. The topological polar surface area (TPSA) is 63.6 Å². The molecule has 1 unspecified atom stereocenters. The Morgan fingerprint density at radius 1 is 1.12 bits per heavy atom. The Hall–Kier alpha value is -2.86. The highest BCUT2D eigenvalue weighted by Crippen LogP contribution is 2.28. The summed E-state index contributed by atoms with van der Waals surface area (Å²) in [7, 11) is 3.12. The standard InChI is InChI=1S/C20H21FN2O3/c1-12-7-18(16-5-4-6-17(21)20(16)23-12)22-11-19(24)13-8-14(25-2)10-15(9-13)26-3/h4-10,19,24H,11H2,1-3H3,(H,22,23). The van der Waals surface area contributed by atoms with Crippen LogP contribution in [0.15, 0.2) is 42.5 Å². The van der Waals surface area contributed by atoms with E-state index in [0.717, 1.165) is 5.69 Å². The van der Waals surface area contributed by atoms with Crippen LogP contribution in [0.5, 0.6) is 11.5 Å². The summed E-state index contributed by atoms with van der Waals surface area (Å²) in [5, 5.41) is 14.4. The minimum absolute atomic E-state index is 0.241. The molecule has 136 valence electrons. The lowest BCUT2D eigenvalue weighted by Crippen LogP contribution is -2.13. The molecule has 0 aliphatic rings. The fourth-order valence-corrected chi connectivity index (χ4v) is 2.83. The molecule has 0 aliphatic carbocycles. The number of aromatic nitrogens is 1. The number of pyridine rings is 1. The van der Waals surface area contributed by atoms with Gasteiger partial charge >= 0.3 is 0 Å². The largest absolute Gasteiger partial charge is 0.497 e. The third-order valence-corrected chi connectivity index (χ3v) is 4.16. The number of aryl methyl sites for hydroxylation is 1. The molecule has 6 heteroatoms. The van der Waals surface area contributed by atoms with Crippen LogP contribution in [-0.2, 0) is 0 Å². The lowest BCUT2D eigenvalue weighted by molar-refractivity contribution is 0.190. The number of aliphatic hydroxyl groups excluding tert-OH is 1. The second kappa shape index (κ2) is 7.58. The number of nitrogens with one attached hydrogen (secondary N) is 1. The van der Waals surface area contributed by atoms with Crippen LogP contribution in [0.2, 0.25) is 0 Å². The second-order valence-electron chi connectivity index (χ2n) is 5.99. The molecule has 2 aromatic carbocycles. The molecule has 26 heavy (non-hydrogen) atoms. The molecule has 2 N–H and O–H groups in total. The molecule has 0 radical (unpaired) electrons. The van der Waals surface area contributed by atoms with Gasteiger partial charge in [0.2, 0.25) is 0 Å². The van der Waals surface area contributed by atoms with Crippen LogP contribution >= 0.6 is 0 Å². The van der Waals surface area contributed by atoms with Crippen molar-refractivity contribution in [2.75, 3.05) is 26.1 Å². The van der Waals surface area contributed by atoms with Gasteiger partial charge in [-0.15, -0.1) is 0 Å². The number of rotatable bonds is 6. The maximum atomic E-state index is 14.0. The van der Waals surface area contributed by atoms with Crippen LogP contribution in [0.1, 0.15) is 17.4 Å². The highest BCUT2D eigenvalue weighted by Gasteiger charge is 2.13. The lowest BCUT2D eigenvalue weighted by atomic mass is 10.1. The quantitative estimate of drug-likeness (QED) is 0.702. The molecule has 0 amide bonds. The number of fused-ring (bicyclic) bond motifs is 1. The van der Waals surface area contributed by atoms with Gasteiger partial charge in [-0.1, -0.05) is 12.1 Å². The third kappa shape index (κ3) is 3.70. The Balaban J connectivity index is 1.85. The van der Waals surface area contributed by atoms with Crippen molar-refractivity contribution >= 4 is 16.6 Å². The van der Waals surface area contributed by atoms with E-state index in [1.54, 1.807) is 51.5 Å². The fourth-order valence-electron chi connectivity index (χ4n) is 2.83. The number of hydrogen-bond acceptors (Lipinski definition) is 5. The van der Waals surface area contributed by atoms with Crippen LogP contribution in [0.3, 0.4) is 0 Å². The monoisotopic (exact) mass is 356 g/mol. The van der Waals surface area contributed by atoms with Crippen LogP contribution in [0, 0.1) is 12.7 Å². The van der Waals surface area contributed by atoms with E-state index in [-0.39, 0.29) is 12.4 Å². The van der Waals surface area contributed by atoms with E-state index < -0.39 is 6.10 Å². The molecule has 1 atom stereocenters. The first-order valence-electron chi connectivity index (χ1n) is 8.22. The van der Waals surface area contributed by atoms with Crippen molar-refractivity contribution in [1.82, 2.24) is 4.98 Å². The van der Waals surface area contributed by atoms with Crippen molar-refractivity contribution in [3.05, 3.63) is 59.5 Å². The summed E-state index contributed by atoms with van der Waals surface area (Å²) in [6, 6.07) is 11.9. The van der Waals surface area contributed by atoms with Crippen molar-refractivity contribution in [3.63, 3.8) is 0 Å². The van der Waals surface area contributed by atoms with E-state index in [4.69, 9.17) is 9.47 Å². The summed E-state index contributed by atoms with van der Waals surface area (Å²) in [5.74, 6) is 0.837. The number of halogens is 1. The van der Waals surface area contributed by atoms with Gasteiger partial charge in [0.1, 0.15) is 22.8 Å². The van der Waals surface area contributed by atoms with Gasteiger partial charge in [0.05, 0.1) is 20.3 Å². The van der Waals surface area contributed by atoms with E-state index in [0.29, 0.717) is 33.7 Å². The average Bonchev–Trinajstić information content (AvgIpc) is 2.66. The molecule has 0 saturated heterocycles. The Bertz CT molecular complexity index is 908. The number of hydrogen-bond donors (Lipinski definition) is 2. The molecular weight excluding hydrogens is 335 g/mol. The lowest BCUT2D eigenvalue weighted by Gasteiger charge is -2.17. The van der Waals surface area contributed by atoms with Gasteiger partial charge in [-0.2, -0.15) is 0 Å². The molecule has 3 rings (SSSR count). The molecule has 0 saturated carbocycles. The van der Waals surface area contributed by atoms with Gasteiger partial charge in [-0.25, -0.2) is 9.37 Å². The van der Waals surface area contributed by atoms with Crippen LogP contribution < -0.4 is 14.8 Å². The number of nitrogens with zero attached hydrogens (tertiary/aromatic N) is 1. The van der Waals surface area contributed by atoms with E-state index in [1.807, 2.05) is 6.07 Å². The second-order valence-corrected chi connectivity index (χ2v) is 5.99. The van der Waals surface area contributed by atoms with Gasteiger partial charge in [-0.3, -0.25) is 0 Å². The highest BCUT2D eigenvalue weighted by molar-refractivity contribution is 5.91. The summed E-state index contributed by atoms with van der Waals surface area (Å²) in [4.78, 5) is 4.26. The Labute approximate surface area is 151 Å². The predicted octanol–water partition coefficient (Wildman–Crippen LogP) is 3.85. The first-order chi connectivity index (χ1) is 12.5. The van der Waals surface area contributed by atoms with E-state index >= 15 is 0 Å². The van der Waals surface area contributed by atoms with Gasteiger partial charge in [0.15, 0.2) is 0 Å². The zero-order valence-corrected chi connectivity index (χ0v) is 14.9. The summed E-state index contributed by atoms with van der Waals surface area (Å²) in [5.41, 5.74) is 2.39. The van der Waals surface area contributed by atoms with Gasteiger partial charge in [0.25, 0.3) is 0 Å². The zero-order chi connectivity index (χ0) is 18.7. The summed E-state index contributed by atoms with van der Waals surface area (Å²) in [6.07, 6.45) is -0.795.